The molecule has 1 fully saturated rings. The summed E-state index contributed by atoms with van der Waals surface area (Å²) in [6.07, 6.45) is -0.262. The van der Waals surface area contributed by atoms with Crippen molar-refractivity contribution in [3.05, 3.63) is 29.6 Å². The minimum Gasteiger partial charge on any atom is -0.295 e. The Labute approximate surface area is 117 Å². The third-order valence-electron chi connectivity index (χ3n) is 2.77. The zero-order chi connectivity index (χ0) is 15.8. The van der Waals surface area contributed by atoms with Gasteiger partial charge in [0.25, 0.3) is 0 Å². The molecule has 21 heavy (non-hydrogen) atoms. The standard InChI is InChI=1S/C11H9F3N2O4S/c12-5-3-6(13)10(7(14)4-5)21(19,20)16-8-1-2-9(17)15-11(8)18/h3-4,8,16H,1-2H2,(H,15,17,18). The first-order chi connectivity index (χ1) is 9.70. The van der Waals surface area contributed by atoms with Gasteiger partial charge >= 0.3 is 0 Å². The molecule has 0 spiro atoms. The number of halogens is 3. The lowest BCUT2D eigenvalue weighted by Crippen LogP contribution is -2.52. The van der Waals surface area contributed by atoms with Gasteiger partial charge in [0.2, 0.25) is 21.8 Å². The van der Waals surface area contributed by atoms with Gasteiger partial charge in [-0.3, -0.25) is 14.9 Å². The monoisotopic (exact) mass is 322 g/mol. The number of benzene rings is 1. The summed E-state index contributed by atoms with van der Waals surface area (Å²) in [5, 5.41) is 1.89. The molecule has 1 atom stereocenters. The molecular weight excluding hydrogens is 313 g/mol. The number of amides is 2. The zero-order valence-electron chi connectivity index (χ0n) is 10.3. The van der Waals surface area contributed by atoms with E-state index < -0.39 is 50.2 Å². The van der Waals surface area contributed by atoms with Gasteiger partial charge in [-0.2, -0.15) is 4.72 Å². The van der Waals surface area contributed by atoms with E-state index in [1.807, 2.05) is 5.32 Å². The summed E-state index contributed by atoms with van der Waals surface area (Å²) in [6, 6.07) is -0.916. The van der Waals surface area contributed by atoms with E-state index in [9.17, 15) is 31.2 Å². The van der Waals surface area contributed by atoms with Crippen LogP contribution in [0.15, 0.2) is 17.0 Å². The molecule has 2 amide bonds. The molecule has 0 bridgehead atoms. The van der Waals surface area contributed by atoms with Crippen LogP contribution >= 0.6 is 0 Å². The quantitative estimate of drug-likeness (QED) is 0.777. The molecule has 10 heteroatoms. The maximum atomic E-state index is 13.5. The van der Waals surface area contributed by atoms with E-state index in [4.69, 9.17) is 0 Å². The number of nitrogens with one attached hydrogen (secondary N) is 2. The summed E-state index contributed by atoms with van der Waals surface area (Å²) in [7, 11) is -4.73. The van der Waals surface area contributed by atoms with Crippen LogP contribution in [0.25, 0.3) is 0 Å². The minimum absolute atomic E-state index is 0.118. The van der Waals surface area contributed by atoms with Crippen molar-refractivity contribution < 1.29 is 31.2 Å². The molecule has 0 aromatic heterocycles. The number of hydrogen-bond acceptors (Lipinski definition) is 4. The number of hydrogen-bond donors (Lipinski definition) is 2. The molecule has 2 rings (SSSR count). The Kier molecular flexibility index (Phi) is 4.01. The van der Waals surface area contributed by atoms with Crippen LogP contribution in [0.5, 0.6) is 0 Å². The van der Waals surface area contributed by atoms with E-state index in [2.05, 4.69) is 0 Å². The Morgan fingerprint density at radius 1 is 1.14 bits per heavy atom. The minimum atomic E-state index is -4.73. The lowest BCUT2D eigenvalue weighted by Gasteiger charge is -2.21. The predicted molar refractivity (Wildman–Crippen MR) is 62.8 cm³/mol. The van der Waals surface area contributed by atoms with Crippen LogP contribution in [0.1, 0.15) is 12.8 Å². The van der Waals surface area contributed by atoms with Crippen LogP contribution in [0, 0.1) is 17.5 Å². The fraction of sp³-hybridized carbons (Fsp3) is 0.273. The van der Waals surface area contributed by atoms with Crippen LogP contribution < -0.4 is 10.0 Å². The molecule has 0 aliphatic carbocycles. The second-order valence-corrected chi connectivity index (χ2v) is 5.97. The Balaban J connectivity index is 2.31. The summed E-state index contributed by atoms with van der Waals surface area (Å²) < 4.78 is 65.3. The largest absolute Gasteiger partial charge is 0.295 e. The van der Waals surface area contributed by atoms with Gasteiger partial charge in [0.05, 0.1) is 0 Å². The van der Waals surface area contributed by atoms with Crippen molar-refractivity contribution in [3.8, 4) is 0 Å². The van der Waals surface area contributed by atoms with E-state index in [0.29, 0.717) is 0 Å². The summed E-state index contributed by atoms with van der Waals surface area (Å²) in [6.45, 7) is 0. The highest BCUT2D eigenvalue weighted by Crippen LogP contribution is 2.21. The van der Waals surface area contributed by atoms with Crippen molar-refractivity contribution in [2.45, 2.75) is 23.8 Å². The Hall–Kier alpha value is -1.94. The van der Waals surface area contributed by atoms with Gasteiger partial charge in [-0.15, -0.1) is 0 Å². The lowest BCUT2D eigenvalue weighted by molar-refractivity contribution is -0.134. The van der Waals surface area contributed by atoms with Crippen LogP contribution in [0.4, 0.5) is 13.2 Å². The maximum Gasteiger partial charge on any atom is 0.247 e. The fourth-order valence-corrected chi connectivity index (χ4v) is 3.19. The topological polar surface area (TPSA) is 92.3 Å². The number of carbonyl (C=O) groups is 2. The van der Waals surface area contributed by atoms with Gasteiger partial charge in [-0.25, -0.2) is 21.6 Å². The number of carbonyl (C=O) groups excluding carboxylic acids is 2. The molecule has 0 saturated carbocycles. The highest BCUT2D eigenvalue weighted by Gasteiger charge is 2.33. The van der Waals surface area contributed by atoms with Crippen LogP contribution in [0.3, 0.4) is 0 Å². The predicted octanol–water partition coefficient (Wildman–Crippen LogP) is 0.187. The summed E-state index contributed by atoms with van der Waals surface area (Å²) in [4.78, 5) is 21.0. The Bertz CT molecular complexity index is 697. The number of rotatable bonds is 3. The smallest absolute Gasteiger partial charge is 0.247 e. The van der Waals surface area contributed by atoms with E-state index in [1.165, 1.54) is 0 Å². The van der Waals surface area contributed by atoms with Gasteiger partial charge in [0.1, 0.15) is 23.5 Å². The van der Waals surface area contributed by atoms with Crippen LogP contribution in [0.2, 0.25) is 0 Å². The van der Waals surface area contributed by atoms with Crippen LogP contribution in [-0.4, -0.2) is 26.3 Å². The molecule has 2 N–H and O–H groups in total. The second-order valence-electron chi connectivity index (χ2n) is 4.32. The van der Waals surface area contributed by atoms with Gasteiger partial charge in [-0.05, 0) is 6.42 Å². The second kappa shape index (κ2) is 5.45. The van der Waals surface area contributed by atoms with Crippen molar-refractivity contribution >= 4 is 21.8 Å². The molecule has 1 aliphatic rings. The molecule has 1 unspecified atom stereocenters. The van der Waals surface area contributed by atoms with Gasteiger partial charge in [-0.1, -0.05) is 0 Å². The summed E-state index contributed by atoms with van der Waals surface area (Å²) in [5.74, 6) is -6.00. The Morgan fingerprint density at radius 3 is 2.24 bits per heavy atom. The van der Waals surface area contributed by atoms with Crippen molar-refractivity contribution in [1.29, 1.82) is 0 Å². The highest BCUT2D eigenvalue weighted by molar-refractivity contribution is 7.89. The molecular formula is C11H9F3N2O4S. The third-order valence-corrected chi connectivity index (χ3v) is 4.29. The van der Waals surface area contributed by atoms with Gasteiger partial charge in [0.15, 0.2) is 4.90 Å². The van der Waals surface area contributed by atoms with E-state index in [0.717, 1.165) is 0 Å². The summed E-state index contributed by atoms with van der Waals surface area (Å²) in [5.41, 5.74) is 0. The maximum absolute atomic E-state index is 13.5. The first-order valence-corrected chi connectivity index (χ1v) is 7.19. The van der Waals surface area contributed by atoms with Crippen LogP contribution in [-0.2, 0) is 19.6 Å². The van der Waals surface area contributed by atoms with E-state index in [-0.39, 0.29) is 25.0 Å². The number of sulfonamides is 1. The van der Waals surface area contributed by atoms with E-state index in [1.54, 1.807) is 4.72 Å². The fourth-order valence-electron chi connectivity index (χ4n) is 1.84. The average molecular weight is 322 g/mol. The SMILES string of the molecule is O=C1CCC(NS(=O)(=O)c2c(F)cc(F)cc2F)C(=O)N1. The molecule has 1 aromatic rings. The van der Waals surface area contributed by atoms with Gasteiger partial charge in [0, 0.05) is 18.6 Å². The third kappa shape index (κ3) is 3.22. The van der Waals surface area contributed by atoms with Gasteiger partial charge < -0.3 is 0 Å². The average Bonchev–Trinajstić information content (AvgIpc) is 2.30. The molecule has 0 radical (unpaired) electrons. The first-order valence-electron chi connectivity index (χ1n) is 5.71. The molecule has 1 heterocycles. The first kappa shape index (κ1) is 15.4. The van der Waals surface area contributed by atoms with Crippen molar-refractivity contribution in [2.75, 3.05) is 0 Å². The number of imide groups is 1. The Morgan fingerprint density at radius 2 is 1.71 bits per heavy atom. The normalized spacial score (nSPS) is 19.5. The zero-order valence-corrected chi connectivity index (χ0v) is 11.1. The molecule has 6 nitrogen and oxygen atoms in total. The molecule has 1 saturated heterocycles. The summed E-state index contributed by atoms with van der Waals surface area (Å²) >= 11 is 0. The lowest BCUT2D eigenvalue weighted by atomic mass is 10.1. The van der Waals surface area contributed by atoms with Crippen molar-refractivity contribution in [2.24, 2.45) is 0 Å². The molecule has 1 aromatic carbocycles. The molecule has 1 aliphatic heterocycles. The number of piperidine rings is 1. The van der Waals surface area contributed by atoms with Crippen molar-refractivity contribution in [3.63, 3.8) is 0 Å². The van der Waals surface area contributed by atoms with Crippen molar-refractivity contribution in [1.82, 2.24) is 10.0 Å². The highest BCUT2D eigenvalue weighted by atomic mass is 32.2. The molecule has 114 valence electrons. The van der Waals surface area contributed by atoms with E-state index >= 15 is 0 Å².